The minimum absolute atomic E-state index is 0.358. The second-order valence-electron chi connectivity index (χ2n) is 2.71. The first-order valence-corrected chi connectivity index (χ1v) is 5.10. The summed E-state index contributed by atoms with van der Waals surface area (Å²) in [7, 11) is 1.72. The first kappa shape index (κ1) is 10.9. The van der Waals surface area contributed by atoms with Crippen LogP contribution in [0.4, 0.5) is 0 Å². The maximum Gasteiger partial charge on any atom is 0.115 e. The van der Waals surface area contributed by atoms with Crippen molar-refractivity contribution in [3.8, 4) is 0 Å². The molecule has 1 rings (SSSR count). The topological polar surface area (TPSA) is 52.5 Å². The second-order valence-corrected chi connectivity index (χ2v) is 4.46. The molecule has 13 heavy (non-hydrogen) atoms. The van der Waals surface area contributed by atoms with Gasteiger partial charge in [-0.15, -0.1) is 11.3 Å². The molecule has 0 aromatic carbocycles. The van der Waals surface area contributed by atoms with Crippen molar-refractivity contribution < 1.29 is 10.2 Å². The van der Waals surface area contributed by atoms with Crippen molar-refractivity contribution in [3.63, 3.8) is 0 Å². The van der Waals surface area contributed by atoms with Gasteiger partial charge in [0.1, 0.15) is 6.10 Å². The summed E-state index contributed by atoms with van der Waals surface area (Å²) in [6.07, 6.45) is -1.65. The van der Waals surface area contributed by atoms with E-state index in [1.54, 1.807) is 19.2 Å². The highest BCUT2D eigenvalue weighted by molar-refractivity contribution is 7.16. The molecule has 0 spiro atoms. The summed E-state index contributed by atoms with van der Waals surface area (Å²) in [5, 5.41) is 21.8. The van der Waals surface area contributed by atoms with Gasteiger partial charge >= 0.3 is 0 Å². The molecule has 3 nitrogen and oxygen atoms in total. The SMILES string of the molecule is CNCC(O)C(O)c1ccc(Cl)s1. The lowest BCUT2D eigenvalue weighted by molar-refractivity contribution is 0.0224. The smallest absolute Gasteiger partial charge is 0.115 e. The van der Waals surface area contributed by atoms with Gasteiger partial charge in [-0.1, -0.05) is 11.6 Å². The molecule has 0 saturated carbocycles. The molecule has 0 radical (unpaired) electrons. The Morgan fingerprint density at radius 1 is 1.54 bits per heavy atom. The third-order valence-electron chi connectivity index (χ3n) is 1.66. The lowest BCUT2D eigenvalue weighted by Crippen LogP contribution is -2.29. The Labute approximate surface area is 86.0 Å². The molecule has 0 aliphatic heterocycles. The van der Waals surface area contributed by atoms with Crippen molar-refractivity contribution in [1.29, 1.82) is 0 Å². The molecule has 0 bridgehead atoms. The highest BCUT2D eigenvalue weighted by Gasteiger charge is 2.18. The fourth-order valence-electron chi connectivity index (χ4n) is 0.998. The van der Waals surface area contributed by atoms with Crippen LogP contribution in [0.1, 0.15) is 11.0 Å². The number of thiophene rings is 1. The lowest BCUT2D eigenvalue weighted by Gasteiger charge is -2.15. The number of aliphatic hydroxyl groups is 2. The molecule has 1 heterocycles. The van der Waals surface area contributed by atoms with Gasteiger partial charge in [0.25, 0.3) is 0 Å². The third kappa shape index (κ3) is 2.93. The van der Waals surface area contributed by atoms with Crippen LogP contribution in [0.2, 0.25) is 4.34 Å². The van der Waals surface area contributed by atoms with E-state index in [1.165, 1.54) is 11.3 Å². The molecular formula is C8H12ClNO2S. The summed E-state index contributed by atoms with van der Waals surface area (Å²) in [6, 6.07) is 3.42. The van der Waals surface area contributed by atoms with Gasteiger partial charge in [0.15, 0.2) is 0 Å². The first-order chi connectivity index (χ1) is 6.15. The van der Waals surface area contributed by atoms with Gasteiger partial charge in [0.2, 0.25) is 0 Å². The van der Waals surface area contributed by atoms with Crippen molar-refractivity contribution in [2.24, 2.45) is 0 Å². The average Bonchev–Trinajstić information content (AvgIpc) is 2.51. The fourth-order valence-corrected chi connectivity index (χ4v) is 2.10. The van der Waals surface area contributed by atoms with Gasteiger partial charge in [0.05, 0.1) is 10.4 Å². The highest BCUT2D eigenvalue weighted by Crippen LogP contribution is 2.28. The Kier molecular flexibility index (Phi) is 4.15. The molecule has 3 N–H and O–H groups in total. The van der Waals surface area contributed by atoms with E-state index in [4.69, 9.17) is 11.6 Å². The van der Waals surface area contributed by atoms with E-state index in [0.29, 0.717) is 15.8 Å². The molecule has 0 aliphatic carbocycles. The molecule has 0 aliphatic rings. The van der Waals surface area contributed by atoms with Crippen LogP contribution in [0, 0.1) is 0 Å². The standard InChI is InChI=1S/C8H12ClNO2S/c1-10-4-5(11)8(12)6-2-3-7(9)13-6/h2-3,5,8,10-12H,4H2,1H3. The van der Waals surface area contributed by atoms with Gasteiger partial charge in [-0.05, 0) is 19.2 Å². The normalized spacial score (nSPS) is 15.7. The molecule has 1 aromatic heterocycles. The van der Waals surface area contributed by atoms with Crippen LogP contribution in [-0.4, -0.2) is 29.9 Å². The Balaban J connectivity index is 2.61. The van der Waals surface area contributed by atoms with Crippen molar-refractivity contribution in [1.82, 2.24) is 5.32 Å². The molecule has 2 unspecified atom stereocenters. The van der Waals surface area contributed by atoms with E-state index in [9.17, 15) is 10.2 Å². The van der Waals surface area contributed by atoms with E-state index >= 15 is 0 Å². The predicted octanol–water partition coefficient (Wildman–Crippen LogP) is 1.02. The first-order valence-electron chi connectivity index (χ1n) is 3.91. The zero-order valence-electron chi connectivity index (χ0n) is 7.20. The number of halogens is 1. The van der Waals surface area contributed by atoms with Crippen molar-refractivity contribution in [2.45, 2.75) is 12.2 Å². The Morgan fingerprint density at radius 2 is 2.23 bits per heavy atom. The molecule has 0 saturated heterocycles. The number of hydrogen-bond acceptors (Lipinski definition) is 4. The largest absolute Gasteiger partial charge is 0.389 e. The predicted molar refractivity (Wildman–Crippen MR) is 54.2 cm³/mol. The lowest BCUT2D eigenvalue weighted by atomic mass is 10.2. The van der Waals surface area contributed by atoms with Crippen molar-refractivity contribution >= 4 is 22.9 Å². The van der Waals surface area contributed by atoms with Gasteiger partial charge in [-0.3, -0.25) is 0 Å². The van der Waals surface area contributed by atoms with E-state index in [0.717, 1.165) is 0 Å². The van der Waals surface area contributed by atoms with Crippen molar-refractivity contribution in [3.05, 3.63) is 21.3 Å². The zero-order chi connectivity index (χ0) is 9.84. The van der Waals surface area contributed by atoms with Crippen LogP contribution in [-0.2, 0) is 0 Å². The maximum atomic E-state index is 9.60. The summed E-state index contributed by atoms with van der Waals surface area (Å²) in [5.74, 6) is 0. The van der Waals surface area contributed by atoms with Crippen LogP contribution in [0.15, 0.2) is 12.1 Å². The van der Waals surface area contributed by atoms with Gasteiger partial charge in [-0.2, -0.15) is 0 Å². The van der Waals surface area contributed by atoms with Crippen LogP contribution < -0.4 is 5.32 Å². The number of hydrogen-bond donors (Lipinski definition) is 3. The monoisotopic (exact) mass is 221 g/mol. The molecule has 1 aromatic rings. The van der Waals surface area contributed by atoms with E-state index in [-0.39, 0.29) is 0 Å². The summed E-state index contributed by atoms with van der Waals surface area (Å²) < 4.78 is 0.616. The van der Waals surface area contributed by atoms with Gasteiger partial charge in [-0.25, -0.2) is 0 Å². The number of nitrogens with one attached hydrogen (secondary N) is 1. The van der Waals surface area contributed by atoms with Crippen LogP contribution in [0.3, 0.4) is 0 Å². The molecule has 0 fully saturated rings. The van der Waals surface area contributed by atoms with Crippen LogP contribution in [0.25, 0.3) is 0 Å². The Morgan fingerprint density at radius 3 is 2.69 bits per heavy atom. The van der Waals surface area contributed by atoms with Gasteiger partial charge in [0, 0.05) is 11.4 Å². The number of aliphatic hydroxyl groups excluding tert-OH is 2. The van der Waals surface area contributed by atoms with Gasteiger partial charge < -0.3 is 15.5 Å². The molecule has 2 atom stereocenters. The zero-order valence-corrected chi connectivity index (χ0v) is 8.77. The Hall–Kier alpha value is -0.130. The maximum absolute atomic E-state index is 9.60. The quantitative estimate of drug-likeness (QED) is 0.712. The number of rotatable bonds is 4. The fraction of sp³-hybridized carbons (Fsp3) is 0.500. The van der Waals surface area contributed by atoms with E-state index in [2.05, 4.69) is 5.32 Å². The molecule has 0 amide bonds. The molecular weight excluding hydrogens is 210 g/mol. The van der Waals surface area contributed by atoms with E-state index in [1.807, 2.05) is 0 Å². The second kappa shape index (κ2) is 4.93. The summed E-state index contributed by atoms with van der Waals surface area (Å²) in [6.45, 7) is 0.358. The van der Waals surface area contributed by atoms with Crippen LogP contribution >= 0.6 is 22.9 Å². The molecule has 5 heteroatoms. The van der Waals surface area contributed by atoms with E-state index < -0.39 is 12.2 Å². The minimum Gasteiger partial charge on any atom is -0.389 e. The van der Waals surface area contributed by atoms with Crippen LogP contribution in [0.5, 0.6) is 0 Å². The minimum atomic E-state index is -0.857. The summed E-state index contributed by atoms with van der Waals surface area (Å²) in [4.78, 5) is 0.688. The summed E-state index contributed by atoms with van der Waals surface area (Å²) in [5.41, 5.74) is 0. The Bertz CT molecular complexity index is 266. The molecule has 74 valence electrons. The third-order valence-corrected chi connectivity index (χ3v) is 2.97. The van der Waals surface area contributed by atoms with Crippen molar-refractivity contribution in [2.75, 3.05) is 13.6 Å². The number of likely N-dealkylation sites (N-methyl/N-ethyl adjacent to an activating group) is 1. The average molecular weight is 222 g/mol. The highest BCUT2D eigenvalue weighted by atomic mass is 35.5. The summed E-state index contributed by atoms with van der Waals surface area (Å²) >= 11 is 6.97.